The van der Waals surface area contributed by atoms with E-state index in [1.807, 2.05) is 4.90 Å². The van der Waals surface area contributed by atoms with E-state index in [2.05, 4.69) is 32.1 Å². The fraction of sp³-hybridized carbons (Fsp3) is 0.531. The summed E-state index contributed by atoms with van der Waals surface area (Å²) in [6.07, 6.45) is 2.79. The van der Waals surface area contributed by atoms with Crippen LogP contribution in [-0.4, -0.2) is 82.8 Å². The van der Waals surface area contributed by atoms with E-state index < -0.39 is 23.6 Å². The third-order valence-corrected chi connectivity index (χ3v) is 9.51. The van der Waals surface area contributed by atoms with Gasteiger partial charge in [0.1, 0.15) is 17.3 Å². The first-order chi connectivity index (χ1) is 22.5. The number of anilines is 2. The molecule has 47 heavy (non-hydrogen) atoms. The molecule has 2 fully saturated rings. The molecule has 1 atom stereocenters. The summed E-state index contributed by atoms with van der Waals surface area (Å²) in [7, 11) is 1.52. The first-order valence-corrected chi connectivity index (χ1v) is 16.5. The van der Waals surface area contributed by atoms with Gasteiger partial charge < -0.3 is 19.5 Å². The maximum atomic E-state index is 14.2. The van der Waals surface area contributed by atoms with E-state index in [1.165, 1.54) is 36.9 Å². The van der Waals surface area contributed by atoms with Crippen LogP contribution in [0.5, 0.6) is 5.75 Å². The zero-order valence-corrected chi connectivity index (χ0v) is 27.2. The minimum atomic E-state index is -4.65. The molecule has 5 rings (SSSR count). The number of rotatable bonds is 12. The van der Waals surface area contributed by atoms with Gasteiger partial charge in [0, 0.05) is 56.3 Å². The zero-order chi connectivity index (χ0) is 33.6. The minimum absolute atomic E-state index is 0.0476. The number of nitrogens with one attached hydrogen (secondary N) is 1. The number of alkyl halides is 3. The SMILES string of the molecule is COCCCOc1ccc(-c2nc(NC(=O)c3cnc(N4CCC(C(=O)O)CC4)cn3)sc2CN2CCCC[C@H]2C)cc1C(F)(F)F. The molecule has 11 nitrogen and oxygen atoms in total. The monoisotopic (exact) mass is 676 g/mol. The number of piperidine rings is 2. The van der Waals surface area contributed by atoms with Gasteiger partial charge in [-0.1, -0.05) is 17.8 Å². The fourth-order valence-corrected chi connectivity index (χ4v) is 6.85. The minimum Gasteiger partial charge on any atom is -0.493 e. The second-order valence-corrected chi connectivity index (χ2v) is 12.9. The Balaban J connectivity index is 1.37. The maximum Gasteiger partial charge on any atom is 0.419 e. The molecule has 1 aromatic carbocycles. The van der Waals surface area contributed by atoms with E-state index in [0.29, 0.717) is 63.1 Å². The number of carbonyl (C=O) groups is 2. The molecule has 2 N–H and O–H groups in total. The summed E-state index contributed by atoms with van der Waals surface area (Å²) in [4.78, 5) is 42.7. The Kier molecular flexibility index (Phi) is 11.3. The van der Waals surface area contributed by atoms with Crippen LogP contribution in [0.15, 0.2) is 30.6 Å². The van der Waals surface area contributed by atoms with Gasteiger partial charge >= 0.3 is 12.1 Å². The number of carbonyl (C=O) groups excluding carboxylic acids is 1. The second kappa shape index (κ2) is 15.4. The number of ether oxygens (including phenoxy) is 2. The van der Waals surface area contributed by atoms with Crippen LogP contribution in [0.3, 0.4) is 0 Å². The van der Waals surface area contributed by atoms with Crippen LogP contribution in [0.25, 0.3) is 11.3 Å². The molecule has 0 spiro atoms. The summed E-state index contributed by atoms with van der Waals surface area (Å²) in [6.45, 7) is 4.97. The normalized spacial score (nSPS) is 17.9. The Labute approximate surface area is 275 Å². The van der Waals surface area contributed by atoms with Gasteiger partial charge in [0.15, 0.2) is 5.13 Å². The number of aromatic nitrogens is 3. The maximum absolute atomic E-state index is 14.2. The Morgan fingerprint density at radius 1 is 1.09 bits per heavy atom. The lowest BCUT2D eigenvalue weighted by Gasteiger charge is -2.33. The summed E-state index contributed by atoms with van der Waals surface area (Å²) in [5, 5.41) is 12.2. The van der Waals surface area contributed by atoms with Crippen molar-refractivity contribution in [1.82, 2.24) is 19.9 Å². The van der Waals surface area contributed by atoms with Gasteiger partial charge in [-0.25, -0.2) is 15.0 Å². The molecule has 4 heterocycles. The van der Waals surface area contributed by atoms with Gasteiger partial charge in [-0.2, -0.15) is 13.2 Å². The number of aliphatic carboxylic acids is 1. The van der Waals surface area contributed by atoms with Crippen molar-refractivity contribution in [2.45, 2.75) is 64.2 Å². The molecule has 254 valence electrons. The molecule has 0 aliphatic carbocycles. The Hall–Kier alpha value is -3.82. The van der Waals surface area contributed by atoms with Crippen molar-refractivity contribution in [1.29, 1.82) is 0 Å². The summed E-state index contributed by atoms with van der Waals surface area (Å²) in [5.74, 6) is -1.45. The highest BCUT2D eigenvalue weighted by Gasteiger charge is 2.35. The van der Waals surface area contributed by atoms with Crippen LogP contribution in [0.2, 0.25) is 0 Å². The molecule has 1 amide bonds. The van der Waals surface area contributed by atoms with Crippen molar-refractivity contribution >= 4 is 34.2 Å². The van der Waals surface area contributed by atoms with E-state index in [4.69, 9.17) is 9.47 Å². The van der Waals surface area contributed by atoms with Crippen molar-refractivity contribution < 1.29 is 37.3 Å². The number of methoxy groups -OCH3 is 1. The number of hydrogen-bond donors (Lipinski definition) is 2. The Morgan fingerprint density at radius 2 is 1.87 bits per heavy atom. The van der Waals surface area contributed by atoms with Crippen LogP contribution in [-0.2, 0) is 22.3 Å². The van der Waals surface area contributed by atoms with Gasteiger partial charge in [-0.05, 0) is 57.4 Å². The summed E-state index contributed by atoms with van der Waals surface area (Å²) >= 11 is 1.22. The Morgan fingerprint density at radius 3 is 2.53 bits per heavy atom. The molecule has 3 aromatic rings. The lowest BCUT2D eigenvalue weighted by Crippen LogP contribution is -2.36. The van der Waals surface area contributed by atoms with Gasteiger partial charge in [0.25, 0.3) is 5.91 Å². The predicted molar refractivity (Wildman–Crippen MR) is 171 cm³/mol. The molecular formula is C32H39F3N6O5S. The number of carboxylic acid groups (broad SMARTS) is 1. The van der Waals surface area contributed by atoms with Gasteiger partial charge in [0.2, 0.25) is 0 Å². The molecular weight excluding hydrogens is 637 g/mol. The molecule has 0 unspecified atom stereocenters. The smallest absolute Gasteiger partial charge is 0.419 e. The second-order valence-electron chi connectivity index (χ2n) is 11.8. The highest BCUT2D eigenvalue weighted by atomic mass is 32.1. The van der Waals surface area contributed by atoms with Crippen LogP contribution in [0, 0.1) is 5.92 Å². The van der Waals surface area contributed by atoms with Crippen LogP contribution in [0.1, 0.15) is 66.4 Å². The number of amides is 1. The van der Waals surface area contributed by atoms with Crippen LogP contribution in [0.4, 0.5) is 24.1 Å². The standard InChI is InChI=1S/C32H39F3N6O5S/c1-20-6-3-4-11-41(20)19-26-28(22-7-8-25(46-15-5-14-45-2)23(16-22)32(33,34)35)38-31(47-26)39-29(42)24-17-37-27(18-36-24)40-12-9-21(10-13-40)30(43)44/h7-8,16-18,20-21H,3-6,9-15,19H2,1-2H3,(H,43,44)(H,38,39,42)/t20-/m1/s1. The zero-order valence-electron chi connectivity index (χ0n) is 26.4. The third-order valence-electron chi connectivity index (χ3n) is 8.55. The number of hydrogen-bond acceptors (Lipinski definition) is 10. The van der Waals surface area contributed by atoms with E-state index in [9.17, 15) is 27.9 Å². The van der Waals surface area contributed by atoms with Crippen LogP contribution < -0.4 is 15.0 Å². The van der Waals surface area contributed by atoms with Crippen molar-refractivity contribution in [2.75, 3.05) is 50.2 Å². The quantitative estimate of drug-likeness (QED) is 0.222. The molecule has 2 saturated heterocycles. The molecule has 2 aromatic heterocycles. The molecule has 2 aliphatic heterocycles. The van der Waals surface area contributed by atoms with Crippen molar-refractivity contribution in [3.05, 3.63) is 46.7 Å². The third kappa shape index (κ3) is 8.76. The number of benzene rings is 1. The highest BCUT2D eigenvalue weighted by molar-refractivity contribution is 7.16. The average Bonchev–Trinajstić information content (AvgIpc) is 3.45. The van der Waals surface area contributed by atoms with Gasteiger partial charge in [0.05, 0.1) is 36.2 Å². The lowest BCUT2D eigenvalue weighted by atomic mass is 9.97. The molecule has 0 saturated carbocycles. The number of thiazole rings is 1. The van der Waals surface area contributed by atoms with Crippen LogP contribution >= 0.6 is 11.3 Å². The number of likely N-dealkylation sites (tertiary alicyclic amines) is 1. The van der Waals surface area contributed by atoms with E-state index in [0.717, 1.165) is 36.8 Å². The Bertz CT molecular complexity index is 1530. The van der Waals surface area contributed by atoms with E-state index in [1.54, 1.807) is 6.07 Å². The molecule has 2 aliphatic rings. The predicted octanol–water partition coefficient (Wildman–Crippen LogP) is 5.96. The molecule has 15 heteroatoms. The van der Waals surface area contributed by atoms with Crippen molar-refractivity contribution in [3.8, 4) is 17.0 Å². The average molecular weight is 677 g/mol. The highest BCUT2D eigenvalue weighted by Crippen LogP contribution is 2.41. The number of halogens is 3. The van der Waals surface area contributed by atoms with Crippen molar-refractivity contribution in [3.63, 3.8) is 0 Å². The van der Waals surface area contributed by atoms with Gasteiger partial charge in [-0.15, -0.1) is 0 Å². The topological polar surface area (TPSA) is 130 Å². The number of carboxylic acids is 1. The lowest BCUT2D eigenvalue weighted by molar-refractivity contribution is -0.142. The van der Waals surface area contributed by atoms with Crippen molar-refractivity contribution in [2.24, 2.45) is 5.92 Å². The summed E-state index contributed by atoms with van der Waals surface area (Å²) < 4.78 is 53.0. The first kappa shape index (κ1) is 34.5. The van der Waals surface area contributed by atoms with E-state index >= 15 is 0 Å². The molecule has 0 radical (unpaired) electrons. The first-order valence-electron chi connectivity index (χ1n) is 15.7. The number of nitrogens with zero attached hydrogens (tertiary/aromatic N) is 5. The van der Waals surface area contributed by atoms with E-state index in [-0.39, 0.29) is 34.7 Å². The fourth-order valence-electron chi connectivity index (χ4n) is 5.84. The summed E-state index contributed by atoms with van der Waals surface area (Å²) in [6, 6.07) is 4.23. The molecule has 0 bridgehead atoms. The van der Waals surface area contributed by atoms with Gasteiger partial charge in [-0.3, -0.25) is 19.8 Å². The summed E-state index contributed by atoms with van der Waals surface area (Å²) in [5.41, 5.74) is -0.211. The largest absolute Gasteiger partial charge is 0.493 e.